The molecule has 0 N–H and O–H groups in total. The predicted molar refractivity (Wildman–Crippen MR) is 79.6 cm³/mol. The van der Waals surface area contributed by atoms with Crippen LogP contribution in [0.5, 0.6) is 5.75 Å². The molecule has 0 spiro atoms. The van der Waals surface area contributed by atoms with Gasteiger partial charge in [-0.2, -0.15) is 4.98 Å². The molecule has 1 aliphatic heterocycles. The van der Waals surface area contributed by atoms with E-state index < -0.39 is 0 Å². The lowest BCUT2D eigenvalue weighted by Crippen LogP contribution is -2.17. The third kappa shape index (κ3) is 2.26. The smallest absolute Gasteiger partial charge is 0.230 e. The zero-order valence-electron chi connectivity index (χ0n) is 12.3. The van der Waals surface area contributed by atoms with Crippen molar-refractivity contribution in [3.63, 3.8) is 0 Å². The molecule has 0 bridgehead atoms. The van der Waals surface area contributed by atoms with Crippen LogP contribution in [-0.4, -0.2) is 26.8 Å². The number of imidazole rings is 1. The van der Waals surface area contributed by atoms with E-state index in [4.69, 9.17) is 9.26 Å². The molecule has 1 atom stereocenters. The van der Waals surface area contributed by atoms with E-state index in [1.807, 2.05) is 36.8 Å². The second-order valence-corrected chi connectivity index (χ2v) is 5.46. The maximum absolute atomic E-state index is 5.49. The minimum atomic E-state index is 0.260. The summed E-state index contributed by atoms with van der Waals surface area (Å²) in [4.78, 5) is 8.76. The fourth-order valence-corrected chi connectivity index (χ4v) is 2.86. The Hall–Kier alpha value is -2.63. The first-order valence-corrected chi connectivity index (χ1v) is 7.30. The summed E-state index contributed by atoms with van der Waals surface area (Å²) < 4.78 is 12.9. The molecule has 6 nitrogen and oxygen atoms in total. The third-order valence-electron chi connectivity index (χ3n) is 4.09. The normalized spacial score (nSPS) is 17.2. The Morgan fingerprint density at radius 2 is 2.32 bits per heavy atom. The van der Waals surface area contributed by atoms with Crippen LogP contribution in [-0.2, 0) is 13.0 Å². The highest BCUT2D eigenvalue weighted by Gasteiger charge is 2.25. The predicted octanol–water partition coefficient (Wildman–Crippen LogP) is 2.67. The molecule has 0 unspecified atom stereocenters. The van der Waals surface area contributed by atoms with E-state index in [2.05, 4.69) is 19.7 Å². The number of hydrogen-bond donors (Lipinski definition) is 0. The summed E-state index contributed by atoms with van der Waals surface area (Å²) >= 11 is 0. The molecule has 2 aromatic heterocycles. The summed E-state index contributed by atoms with van der Waals surface area (Å²) in [6.07, 6.45) is 5.66. The summed E-state index contributed by atoms with van der Waals surface area (Å²) in [6, 6.07) is 7.67. The van der Waals surface area contributed by atoms with Gasteiger partial charge in [-0.3, -0.25) is 0 Å². The average molecular weight is 296 g/mol. The van der Waals surface area contributed by atoms with E-state index in [-0.39, 0.29) is 5.92 Å². The average Bonchev–Trinajstić information content (AvgIpc) is 3.23. The first-order chi connectivity index (χ1) is 10.8. The highest BCUT2D eigenvalue weighted by Crippen LogP contribution is 2.30. The quantitative estimate of drug-likeness (QED) is 0.743. The van der Waals surface area contributed by atoms with Gasteiger partial charge < -0.3 is 13.8 Å². The van der Waals surface area contributed by atoms with Gasteiger partial charge in [0.15, 0.2) is 0 Å². The van der Waals surface area contributed by atoms with Crippen molar-refractivity contribution < 1.29 is 9.26 Å². The molecule has 0 saturated carbocycles. The zero-order valence-corrected chi connectivity index (χ0v) is 12.3. The number of rotatable bonds is 3. The van der Waals surface area contributed by atoms with Crippen LogP contribution in [0.3, 0.4) is 0 Å². The molecule has 4 rings (SSSR count). The highest BCUT2D eigenvalue weighted by atomic mass is 16.5. The molecule has 6 heteroatoms. The number of benzene rings is 1. The summed E-state index contributed by atoms with van der Waals surface area (Å²) in [6.45, 7) is 0.941. The van der Waals surface area contributed by atoms with Crippen molar-refractivity contribution in [3.05, 3.63) is 48.4 Å². The van der Waals surface area contributed by atoms with E-state index in [1.165, 1.54) is 5.69 Å². The van der Waals surface area contributed by atoms with Crippen LogP contribution in [0, 0.1) is 0 Å². The summed E-state index contributed by atoms with van der Waals surface area (Å²) in [5.41, 5.74) is 2.12. The van der Waals surface area contributed by atoms with E-state index in [9.17, 15) is 0 Å². The number of fused-ring (bicyclic) bond motifs is 1. The number of nitrogens with zero attached hydrogens (tertiary/aromatic N) is 4. The van der Waals surface area contributed by atoms with Crippen molar-refractivity contribution in [1.82, 2.24) is 19.7 Å². The SMILES string of the molecule is COc1cccc(-c2noc([C@@H]3CCn4cncc4C3)n2)c1. The standard InChI is InChI=1S/C16H16N4O2/c1-21-14-4-2-3-11(8-14)15-18-16(22-19-15)12-5-6-20-10-17-9-13(20)7-12/h2-4,8-10,12H,5-7H2,1H3/t12-/m1/s1. The largest absolute Gasteiger partial charge is 0.497 e. The fourth-order valence-electron chi connectivity index (χ4n) is 2.86. The summed E-state index contributed by atoms with van der Waals surface area (Å²) in [5.74, 6) is 2.35. The van der Waals surface area contributed by atoms with Crippen LogP contribution in [0.1, 0.15) is 23.9 Å². The molecule has 1 aliphatic rings. The number of ether oxygens (including phenoxy) is 1. The minimum absolute atomic E-state index is 0.260. The Balaban J connectivity index is 1.59. The summed E-state index contributed by atoms with van der Waals surface area (Å²) in [7, 11) is 1.64. The second-order valence-electron chi connectivity index (χ2n) is 5.46. The molecular weight excluding hydrogens is 280 g/mol. The molecule has 0 radical (unpaired) electrons. The highest BCUT2D eigenvalue weighted by molar-refractivity contribution is 5.56. The molecule has 0 saturated heterocycles. The Labute approximate surface area is 127 Å². The topological polar surface area (TPSA) is 66.0 Å². The van der Waals surface area contributed by atoms with E-state index in [1.54, 1.807) is 7.11 Å². The van der Waals surface area contributed by atoms with Crippen LogP contribution >= 0.6 is 0 Å². The molecular formula is C16H16N4O2. The van der Waals surface area contributed by atoms with Gasteiger partial charge in [-0.05, 0) is 18.6 Å². The number of aromatic nitrogens is 4. The zero-order chi connectivity index (χ0) is 14.9. The van der Waals surface area contributed by atoms with Gasteiger partial charge in [0.25, 0.3) is 0 Å². The molecule has 3 aromatic rings. The molecule has 1 aromatic carbocycles. The molecule has 112 valence electrons. The Bertz CT molecular complexity index is 793. The van der Waals surface area contributed by atoms with Gasteiger partial charge in [-0.1, -0.05) is 17.3 Å². The number of aryl methyl sites for hydroxylation is 1. The number of methoxy groups -OCH3 is 1. The van der Waals surface area contributed by atoms with Gasteiger partial charge in [-0.25, -0.2) is 4.98 Å². The van der Waals surface area contributed by atoms with Crippen LogP contribution in [0.4, 0.5) is 0 Å². The monoisotopic (exact) mass is 296 g/mol. The van der Waals surface area contributed by atoms with E-state index in [0.29, 0.717) is 11.7 Å². The van der Waals surface area contributed by atoms with Gasteiger partial charge in [0.05, 0.1) is 13.4 Å². The van der Waals surface area contributed by atoms with Crippen molar-refractivity contribution in [2.45, 2.75) is 25.3 Å². The van der Waals surface area contributed by atoms with E-state index >= 15 is 0 Å². The third-order valence-corrected chi connectivity index (χ3v) is 4.09. The van der Waals surface area contributed by atoms with Crippen LogP contribution in [0.15, 0.2) is 41.3 Å². The maximum atomic E-state index is 5.49. The lowest BCUT2D eigenvalue weighted by molar-refractivity contribution is 0.325. The molecule has 0 amide bonds. The van der Waals surface area contributed by atoms with Crippen LogP contribution in [0.2, 0.25) is 0 Å². The maximum Gasteiger partial charge on any atom is 0.230 e. The van der Waals surface area contributed by atoms with Crippen molar-refractivity contribution in [2.24, 2.45) is 0 Å². The molecule has 0 fully saturated rings. The molecule has 22 heavy (non-hydrogen) atoms. The Morgan fingerprint density at radius 3 is 3.23 bits per heavy atom. The fraction of sp³-hybridized carbons (Fsp3) is 0.312. The van der Waals surface area contributed by atoms with Crippen molar-refractivity contribution in [1.29, 1.82) is 0 Å². The van der Waals surface area contributed by atoms with Gasteiger partial charge in [0, 0.05) is 36.3 Å². The van der Waals surface area contributed by atoms with Crippen LogP contribution < -0.4 is 4.74 Å². The van der Waals surface area contributed by atoms with Crippen molar-refractivity contribution in [3.8, 4) is 17.1 Å². The second kappa shape index (κ2) is 5.29. The number of hydrogen-bond acceptors (Lipinski definition) is 5. The van der Waals surface area contributed by atoms with Crippen molar-refractivity contribution >= 4 is 0 Å². The Morgan fingerprint density at radius 1 is 1.36 bits per heavy atom. The Kier molecular flexibility index (Phi) is 3.14. The summed E-state index contributed by atoms with van der Waals surface area (Å²) in [5, 5.41) is 4.12. The lowest BCUT2D eigenvalue weighted by atomic mass is 9.96. The lowest BCUT2D eigenvalue weighted by Gasteiger charge is -2.20. The van der Waals surface area contributed by atoms with Gasteiger partial charge in [0.1, 0.15) is 5.75 Å². The minimum Gasteiger partial charge on any atom is -0.497 e. The van der Waals surface area contributed by atoms with Crippen LogP contribution in [0.25, 0.3) is 11.4 Å². The van der Waals surface area contributed by atoms with Gasteiger partial charge in [0.2, 0.25) is 11.7 Å². The van der Waals surface area contributed by atoms with E-state index in [0.717, 1.165) is 30.7 Å². The van der Waals surface area contributed by atoms with Gasteiger partial charge >= 0.3 is 0 Å². The molecule has 0 aliphatic carbocycles. The molecule has 3 heterocycles. The van der Waals surface area contributed by atoms with Gasteiger partial charge in [-0.15, -0.1) is 0 Å². The first kappa shape index (κ1) is 13.1. The first-order valence-electron chi connectivity index (χ1n) is 7.30. The van der Waals surface area contributed by atoms with Crippen molar-refractivity contribution in [2.75, 3.05) is 7.11 Å².